The lowest BCUT2D eigenvalue weighted by Gasteiger charge is -2.13. The minimum Gasteiger partial charge on any atom is -0.494 e. The number of nitrogens with one attached hydrogen (secondary N) is 1. The first-order valence-corrected chi connectivity index (χ1v) is 11.5. The van der Waals surface area contributed by atoms with E-state index in [0.29, 0.717) is 47.2 Å². The van der Waals surface area contributed by atoms with Crippen LogP contribution >= 0.6 is 0 Å². The third kappa shape index (κ3) is 5.83. The van der Waals surface area contributed by atoms with Gasteiger partial charge in [0.1, 0.15) is 17.9 Å². The number of nitriles is 1. The van der Waals surface area contributed by atoms with Gasteiger partial charge in [-0.05, 0) is 67.9 Å². The lowest BCUT2D eigenvalue weighted by molar-refractivity contribution is 0.0929. The smallest absolute Gasteiger partial charge is 0.307 e. The first kappa shape index (κ1) is 24.4. The van der Waals surface area contributed by atoms with Crippen molar-refractivity contribution in [2.75, 3.05) is 13.2 Å². The van der Waals surface area contributed by atoms with E-state index < -0.39 is 5.91 Å². The van der Waals surface area contributed by atoms with E-state index in [1.54, 1.807) is 42.5 Å². The predicted molar refractivity (Wildman–Crippen MR) is 136 cm³/mol. The van der Waals surface area contributed by atoms with Crippen LogP contribution in [0.15, 0.2) is 76.2 Å². The summed E-state index contributed by atoms with van der Waals surface area (Å²) >= 11 is 0. The second-order valence-electron chi connectivity index (χ2n) is 7.64. The molecule has 0 saturated carbocycles. The van der Waals surface area contributed by atoms with E-state index in [9.17, 15) is 10.1 Å². The molecule has 4 rings (SSSR count). The molecule has 0 aliphatic rings. The second-order valence-corrected chi connectivity index (χ2v) is 7.64. The van der Waals surface area contributed by atoms with Gasteiger partial charge in [-0.25, -0.2) is 5.43 Å². The van der Waals surface area contributed by atoms with Crippen molar-refractivity contribution in [3.05, 3.63) is 89.2 Å². The number of benzene rings is 3. The zero-order chi connectivity index (χ0) is 25.3. The maximum atomic E-state index is 12.5. The normalized spacial score (nSPS) is 10.8. The van der Waals surface area contributed by atoms with E-state index in [2.05, 4.69) is 16.6 Å². The number of nitrogens with zero attached hydrogens (tertiary/aromatic N) is 2. The molecule has 0 spiro atoms. The number of carbonyl (C=O) groups excluding carboxylic acids is 1. The number of rotatable bonds is 10. The summed E-state index contributed by atoms with van der Waals surface area (Å²) < 4.78 is 22.7. The lowest BCUT2D eigenvalue weighted by Crippen LogP contribution is -2.16. The molecular weight excluding hydrogens is 458 g/mol. The van der Waals surface area contributed by atoms with Crippen LogP contribution in [0.5, 0.6) is 17.2 Å². The van der Waals surface area contributed by atoms with Crippen molar-refractivity contribution in [1.82, 2.24) is 5.43 Å². The van der Waals surface area contributed by atoms with Crippen molar-refractivity contribution in [2.24, 2.45) is 5.10 Å². The molecule has 1 aromatic heterocycles. The van der Waals surface area contributed by atoms with Crippen molar-refractivity contribution in [1.29, 1.82) is 5.26 Å². The van der Waals surface area contributed by atoms with Gasteiger partial charge in [0.15, 0.2) is 17.3 Å². The molecule has 8 heteroatoms. The van der Waals surface area contributed by atoms with Crippen LogP contribution in [0.1, 0.15) is 41.1 Å². The Morgan fingerprint density at radius 3 is 2.64 bits per heavy atom. The molecule has 3 aromatic carbocycles. The topological polar surface area (TPSA) is 106 Å². The van der Waals surface area contributed by atoms with E-state index in [0.717, 1.165) is 10.9 Å². The van der Waals surface area contributed by atoms with Crippen LogP contribution in [0.25, 0.3) is 11.0 Å². The summed E-state index contributed by atoms with van der Waals surface area (Å²) in [6.45, 7) is 5.01. The molecule has 1 N–H and O–H groups in total. The number of ether oxygens (including phenoxy) is 3. The molecule has 8 nitrogen and oxygen atoms in total. The van der Waals surface area contributed by atoms with E-state index in [1.165, 1.54) is 6.21 Å². The van der Waals surface area contributed by atoms with E-state index in [1.807, 2.05) is 38.1 Å². The Morgan fingerprint density at radius 1 is 1.00 bits per heavy atom. The molecule has 0 atom stereocenters. The molecule has 182 valence electrons. The molecule has 4 aromatic rings. The van der Waals surface area contributed by atoms with Crippen LogP contribution in [-0.2, 0) is 6.61 Å². The van der Waals surface area contributed by atoms with Crippen LogP contribution in [0.3, 0.4) is 0 Å². The summed E-state index contributed by atoms with van der Waals surface area (Å²) in [5.41, 5.74) is 5.12. The summed E-state index contributed by atoms with van der Waals surface area (Å²) in [6, 6.07) is 21.8. The zero-order valence-corrected chi connectivity index (χ0v) is 20.0. The molecular formula is C28H25N3O5. The van der Waals surface area contributed by atoms with Gasteiger partial charge in [0.05, 0.1) is 31.1 Å². The molecule has 36 heavy (non-hydrogen) atoms. The molecule has 0 unspecified atom stereocenters. The number of amides is 1. The highest BCUT2D eigenvalue weighted by Gasteiger charge is 2.13. The monoisotopic (exact) mass is 483 g/mol. The Morgan fingerprint density at radius 2 is 1.83 bits per heavy atom. The maximum Gasteiger partial charge on any atom is 0.307 e. The van der Waals surface area contributed by atoms with Gasteiger partial charge in [0.25, 0.3) is 0 Å². The fourth-order valence-corrected chi connectivity index (χ4v) is 3.51. The van der Waals surface area contributed by atoms with Crippen LogP contribution < -0.4 is 19.6 Å². The lowest BCUT2D eigenvalue weighted by atomic mass is 10.1. The van der Waals surface area contributed by atoms with Gasteiger partial charge in [-0.15, -0.1) is 0 Å². The molecule has 0 saturated heterocycles. The summed E-state index contributed by atoms with van der Waals surface area (Å²) in [5, 5.41) is 14.1. The highest BCUT2D eigenvalue weighted by molar-refractivity contribution is 5.96. The summed E-state index contributed by atoms with van der Waals surface area (Å²) in [4.78, 5) is 12.5. The van der Waals surface area contributed by atoms with Crippen molar-refractivity contribution in [3.63, 3.8) is 0 Å². The van der Waals surface area contributed by atoms with Crippen molar-refractivity contribution < 1.29 is 23.4 Å². The molecule has 0 aliphatic carbocycles. The van der Waals surface area contributed by atoms with Crippen LogP contribution in [0.4, 0.5) is 0 Å². The quantitative estimate of drug-likeness (QED) is 0.238. The average molecular weight is 484 g/mol. The fourth-order valence-electron chi connectivity index (χ4n) is 3.51. The number of hydrogen-bond donors (Lipinski definition) is 1. The Kier molecular flexibility index (Phi) is 7.83. The summed E-state index contributed by atoms with van der Waals surface area (Å²) in [6.07, 6.45) is 1.50. The SMILES string of the molecule is CCOc1ccc2oc(C(=O)N/N=C/c3ccc(OCc4ccccc4C#N)c(OCC)c3)cc2c1. The molecule has 0 bridgehead atoms. The Labute approximate surface area is 208 Å². The third-order valence-corrected chi connectivity index (χ3v) is 5.19. The number of furan rings is 1. The maximum absolute atomic E-state index is 12.5. The molecule has 0 radical (unpaired) electrons. The van der Waals surface area contributed by atoms with Crippen LogP contribution in [0, 0.1) is 11.3 Å². The number of hydrazone groups is 1. The highest BCUT2D eigenvalue weighted by Crippen LogP contribution is 2.29. The highest BCUT2D eigenvalue weighted by atomic mass is 16.5. The Hall–Kier alpha value is -4.77. The Bertz CT molecular complexity index is 1430. The number of fused-ring (bicyclic) bond motifs is 1. The van der Waals surface area contributed by atoms with Crippen LogP contribution in [-0.4, -0.2) is 25.3 Å². The van der Waals surface area contributed by atoms with Gasteiger partial charge in [0, 0.05) is 10.9 Å². The van der Waals surface area contributed by atoms with Gasteiger partial charge >= 0.3 is 5.91 Å². The van der Waals surface area contributed by atoms with Gasteiger partial charge in [0.2, 0.25) is 0 Å². The van der Waals surface area contributed by atoms with Gasteiger partial charge in [-0.2, -0.15) is 10.4 Å². The zero-order valence-electron chi connectivity index (χ0n) is 20.0. The van der Waals surface area contributed by atoms with Gasteiger partial charge < -0.3 is 18.6 Å². The first-order valence-electron chi connectivity index (χ1n) is 11.5. The fraction of sp³-hybridized carbons (Fsp3) is 0.179. The van der Waals surface area contributed by atoms with E-state index >= 15 is 0 Å². The largest absolute Gasteiger partial charge is 0.494 e. The standard InChI is InChI=1S/C28H25N3O5/c1-3-33-23-10-12-24-22(14-23)15-27(36-24)28(32)31-30-17-19-9-11-25(26(13-19)34-4-2)35-18-21-8-6-5-7-20(21)16-29/h5-15,17H,3-4,18H2,1-2H3,(H,31,32)/b30-17+. The average Bonchev–Trinajstić information content (AvgIpc) is 3.32. The molecule has 1 amide bonds. The van der Waals surface area contributed by atoms with E-state index in [-0.39, 0.29) is 12.4 Å². The summed E-state index contributed by atoms with van der Waals surface area (Å²) in [5.74, 6) is 1.46. The van der Waals surface area contributed by atoms with Gasteiger partial charge in [-0.3, -0.25) is 4.79 Å². The summed E-state index contributed by atoms with van der Waals surface area (Å²) in [7, 11) is 0. The van der Waals surface area contributed by atoms with Crippen molar-refractivity contribution in [3.8, 4) is 23.3 Å². The molecule has 0 aliphatic heterocycles. The minimum atomic E-state index is -0.471. The Balaban J connectivity index is 1.42. The molecule has 0 fully saturated rings. The number of carbonyl (C=O) groups is 1. The van der Waals surface area contributed by atoms with Crippen LogP contribution in [0.2, 0.25) is 0 Å². The van der Waals surface area contributed by atoms with Crippen molar-refractivity contribution in [2.45, 2.75) is 20.5 Å². The third-order valence-electron chi connectivity index (χ3n) is 5.19. The minimum absolute atomic E-state index is 0.146. The second kappa shape index (κ2) is 11.6. The van der Waals surface area contributed by atoms with Crippen molar-refractivity contribution >= 4 is 23.1 Å². The van der Waals surface area contributed by atoms with E-state index in [4.69, 9.17) is 18.6 Å². The molecule has 1 heterocycles. The predicted octanol–water partition coefficient (Wildman–Crippen LogP) is 5.44. The van der Waals surface area contributed by atoms with Gasteiger partial charge in [-0.1, -0.05) is 18.2 Å². The first-order chi connectivity index (χ1) is 17.6. The number of hydrogen-bond acceptors (Lipinski definition) is 7.